The van der Waals surface area contributed by atoms with Gasteiger partial charge < -0.3 is 4.74 Å². The van der Waals surface area contributed by atoms with Crippen LogP contribution in [0, 0.1) is 0 Å². The van der Waals surface area contributed by atoms with Crippen LogP contribution < -0.4 is 0 Å². The Bertz CT molecular complexity index is 729. The molecule has 24 heavy (non-hydrogen) atoms. The highest BCUT2D eigenvalue weighted by atomic mass is 32.2. The fourth-order valence-electron chi connectivity index (χ4n) is 2.38. The summed E-state index contributed by atoms with van der Waals surface area (Å²) in [6, 6.07) is 10.2. The van der Waals surface area contributed by atoms with E-state index in [1.807, 2.05) is 45.2 Å². The van der Waals surface area contributed by atoms with Gasteiger partial charge in [0.1, 0.15) is 5.60 Å². The number of carbonyl (C=O) groups excluding carboxylic acids is 1. The van der Waals surface area contributed by atoms with Crippen molar-refractivity contribution in [2.45, 2.75) is 50.4 Å². The highest BCUT2D eigenvalue weighted by molar-refractivity contribution is 7.98. The molecule has 1 aliphatic heterocycles. The van der Waals surface area contributed by atoms with E-state index in [4.69, 9.17) is 4.74 Å². The van der Waals surface area contributed by atoms with E-state index in [9.17, 15) is 4.79 Å². The Labute approximate surface area is 146 Å². The summed E-state index contributed by atoms with van der Waals surface area (Å²) in [5.41, 5.74) is 2.65. The zero-order valence-corrected chi connectivity index (χ0v) is 15.0. The van der Waals surface area contributed by atoms with E-state index in [1.54, 1.807) is 16.7 Å². The fourth-order valence-corrected chi connectivity index (χ4v) is 3.17. The monoisotopic (exact) mass is 343 g/mol. The first-order chi connectivity index (χ1) is 11.4. The molecular weight excluding hydrogens is 322 g/mol. The van der Waals surface area contributed by atoms with Crippen molar-refractivity contribution in [1.29, 1.82) is 0 Å². The maximum atomic E-state index is 12.2. The second-order valence-corrected chi connectivity index (χ2v) is 7.68. The number of aromatic nitrogens is 2. The van der Waals surface area contributed by atoms with E-state index in [-0.39, 0.29) is 6.09 Å². The van der Waals surface area contributed by atoms with E-state index in [2.05, 4.69) is 22.1 Å². The first kappa shape index (κ1) is 16.8. The standard InChI is InChI=1S/C18H21N3O2S/c1-18(2,3)23-17(22)21-10-14-9-19-16(20-15(14)11-21)24-12-13-7-5-4-6-8-13/h4-9H,10-12H2,1-3H3. The van der Waals surface area contributed by atoms with Gasteiger partial charge in [0, 0.05) is 17.5 Å². The molecule has 0 unspecified atom stereocenters. The highest BCUT2D eigenvalue weighted by Gasteiger charge is 2.29. The van der Waals surface area contributed by atoms with Gasteiger partial charge in [0.15, 0.2) is 5.16 Å². The second-order valence-electron chi connectivity index (χ2n) is 6.74. The Morgan fingerprint density at radius 3 is 2.71 bits per heavy atom. The van der Waals surface area contributed by atoms with Gasteiger partial charge in [-0.15, -0.1) is 0 Å². The van der Waals surface area contributed by atoms with Crippen molar-refractivity contribution in [3.63, 3.8) is 0 Å². The van der Waals surface area contributed by atoms with Crippen molar-refractivity contribution >= 4 is 17.9 Å². The number of hydrogen-bond donors (Lipinski definition) is 0. The minimum atomic E-state index is -0.492. The Morgan fingerprint density at radius 1 is 1.25 bits per heavy atom. The summed E-state index contributed by atoms with van der Waals surface area (Å²) in [5, 5.41) is 0.739. The molecule has 0 fully saturated rings. The molecule has 1 aromatic heterocycles. The van der Waals surface area contributed by atoms with Crippen LogP contribution in [0.4, 0.5) is 4.79 Å². The maximum Gasteiger partial charge on any atom is 0.410 e. The maximum absolute atomic E-state index is 12.2. The SMILES string of the molecule is CC(C)(C)OC(=O)N1Cc2cnc(SCc3ccccc3)nc2C1. The van der Waals surface area contributed by atoms with Crippen LogP contribution in [-0.4, -0.2) is 26.6 Å². The normalized spacial score (nSPS) is 13.7. The van der Waals surface area contributed by atoms with Gasteiger partial charge in [-0.05, 0) is 26.3 Å². The van der Waals surface area contributed by atoms with E-state index in [0.29, 0.717) is 13.1 Å². The lowest BCUT2D eigenvalue weighted by molar-refractivity contribution is 0.0240. The van der Waals surface area contributed by atoms with Crippen LogP contribution in [0.2, 0.25) is 0 Å². The number of amides is 1. The quantitative estimate of drug-likeness (QED) is 0.622. The minimum Gasteiger partial charge on any atom is -0.444 e. The van der Waals surface area contributed by atoms with Crippen LogP contribution in [0.1, 0.15) is 37.6 Å². The van der Waals surface area contributed by atoms with Crippen molar-refractivity contribution in [2.24, 2.45) is 0 Å². The summed E-state index contributed by atoms with van der Waals surface area (Å²) in [5.74, 6) is 0.829. The summed E-state index contributed by atoms with van der Waals surface area (Å²) in [7, 11) is 0. The Kier molecular flexibility index (Phi) is 4.76. The lowest BCUT2D eigenvalue weighted by atomic mass is 10.2. The molecule has 0 saturated carbocycles. The van der Waals surface area contributed by atoms with Crippen LogP contribution in [0.15, 0.2) is 41.7 Å². The van der Waals surface area contributed by atoms with Gasteiger partial charge in [-0.3, -0.25) is 4.90 Å². The summed E-state index contributed by atoms with van der Waals surface area (Å²) in [6.45, 7) is 6.59. The van der Waals surface area contributed by atoms with E-state index < -0.39 is 5.60 Å². The third-order valence-corrected chi connectivity index (χ3v) is 4.43. The smallest absolute Gasteiger partial charge is 0.410 e. The van der Waals surface area contributed by atoms with Crippen molar-refractivity contribution < 1.29 is 9.53 Å². The molecule has 126 valence electrons. The minimum absolute atomic E-state index is 0.306. The molecule has 2 aromatic rings. The van der Waals surface area contributed by atoms with Gasteiger partial charge in [0.2, 0.25) is 0 Å². The molecule has 1 aromatic carbocycles. The van der Waals surface area contributed by atoms with Gasteiger partial charge in [-0.1, -0.05) is 42.1 Å². The Balaban J connectivity index is 1.62. The number of benzene rings is 1. The molecule has 0 radical (unpaired) electrons. The summed E-state index contributed by atoms with van der Waals surface area (Å²) < 4.78 is 5.42. The van der Waals surface area contributed by atoms with Crippen molar-refractivity contribution in [3.8, 4) is 0 Å². The molecule has 0 saturated heterocycles. The van der Waals surface area contributed by atoms with Gasteiger partial charge in [-0.25, -0.2) is 14.8 Å². The zero-order valence-electron chi connectivity index (χ0n) is 14.2. The largest absolute Gasteiger partial charge is 0.444 e. The Morgan fingerprint density at radius 2 is 2.00 bits per heavy atom. The summed E-state index contributed by atoms with van der Waals surface area (Å²) in [4.78, 5) is 22.8. The van der Waals surface area contributed by atoms with E-state index >= 15 is 0 Å². The predicted octanol–water partition coefficient (Wildman–Crippen LogP) is 4.02. The van der Waals surface area contributed by atoms with E-state index in [1.165, 1.54) is 5.56 Å². The third kappa shape index (κ3) is 4.26. The molecule has 5 nitrogen and oxygen atoms in total. The van der Waals surface area contributed by atoms with Crippen molar-refractivity contribution in [2.75, 3.05) is 0 Å². The molecule has 0 N–H and O–H groups in total. The first-order valence-corrected chi connectivity index (χ1v) is 8.89. The predicted molar refractivity (Wildman–Crippen MR) is 93.5 cm³/mol. The van der Waals surface area contributed by atoms with E-state index in [0.717, 1.165) is 22.2 Å². The molecule has 6 heteroatoms. The number of fused-ring (bicyclic) bond motifs is 1. The van der Waals surface area contributed by atoms with Crippen molar-refractivity contribution in [1.82, 2.24) is 14.9 Å². The summed E-state index contributed by atoms with van der Waals surface area (Å²) >= 11 is 1.60. The van der Waals surface area contributed by atoms with Crippen LogP contribution in [0.25, 0.3) is 0 Å². The number of thioether (sulfide) groups is 1. The number of ether oxygens (including phenoxy) is 1. The number of hydrogen-bond acceptors (Lipinski definition) is 5. The average Bonchev–Trinajstić information content (AvgIpc) is 2.96. The highest BCUT2D eigenvalue weighted by Crippen LogP contribution is 2.26. The van der Waals surface area contributed by atoms with Crippen LogP contribution in [0.3, 0.4) is 0 Å². The van der Waals surface area contributed by atoms with Gasteiger partial charge in [0.25, 0.3) is 0 Å². The topological polar surface area (TPSA) is 55.3 Å². The average molecular weight is 343 g/mol. The lowest BCUT2D eigenvalue weighted by Gasteiger charge is -2.23. The van der Waals surface area contributed by atoms with Crippen LogP contribution >= 0.6 is 11.8 Å². The molecule has 0 bridgehead atoms. The van der Waals surface area contributed by atoms with Gasteiger partial charge in [-0.2, -0.15) is 0 Å². The molecular formula is C18H21N3O2S. The Hall–Kier alpha value is -2.08. The van der Waals surface area contributed by atoms with Crippen LogP contribution in [0.5, 0.6) is 0 Å². The third-order valence-electron chi connectivity index (χ3n) is 3.50. The lowest BCUT2D eigenvalue weighted by Crippen LogP contribution is -2.33. The fraction of sp³-hybridized carbons (Fsp3) is 0.389. The molecule has 3 rings (SSSR count). The summed E-state index contributed by atoms with van der Waals surface area (Å²) in [6.07, 6.45) is 1.51. The molecule has 2 heterocycles. The zero-order chi connectivity index (χ0) is 17.2. The number of nitrogens with zero attached hydrogens (tertiary/aromatic N) is 3. The molecule has 1 amide bonds. The molecule has 1 aliphatic rings. The molecule has 0 atom stereocenters. The molecule has 0 aliphatic carbocycles. The van der Waals surface area contributed by atoms with Gasteiger partial charge >= 0.3 is 6.09 Å². The van der Waals surface area contributed by atoms with Gasteiger partial charge in [0.05, 0.1) is 18.8 Å². The number of rotatable bonds is 3. The first-order valence-electron chi connectivity index (χ1n) is 7.90. The van der Waals surface area contributed by atoms with Crippen molar-refractivity contribution in [3.05, 3.63) is 53.3 Å². The van der Waals surface area contributed by atoms with Crippen LogP contribution in [-0.2, 0) is 23.6 Å². The molecule has 0 spiro atoms. The number of carbonyl (C=O) groups is 1. The second kappa shape index (κ2) is 6.81.